The summed E-state index contributed by atoms with van der Waals surface area (Å²) in [5.74, 6) is 0.263. The van der Waals surface area contributed by atoms with Gasteiger partial charge >= 0.3 is 0 Å². The van der Waals surface area contributed by atoms with Crippen LogP contribution >= 0.6 is 0 Å². The van der Waals surface area contributed by atoms with Crippen molar-refractivity contribution in [1.29, 1.82) is 0 Å². The van der Waals surface area contributed by atoms with Crippen molar-refractivity contribution in [2.75, 3.05) is 31.2 Å². The van der Waals surface area contributed by atoms with E-state index in [1.54, 1.807) is 18.3 Å². The third kappa shape index (κ3) is 3.36. The van der Waals surface area contributed by atoms with Crippen molar-refractivity contribution in [2.24, 2.45) is 10.8 Å². The molecular weight excluding hydrogens is 498 g/mol. The summed E-state index contributed by atoms with van der Waals surface area (Å²) in [6.07, 6.45) is 4.43. The first-order chi connectivity index (χ1) is 18.6. The molecule has 0 unspecified atom stereocenters. The summed E-state index contributed by atoms with van der Waals surface area (Å²) in [5.41, 5.74) is 1.17. The highest BCUT2D eigenvalue weighted by atomic mass is 19.1. The fraction of sp³-hybridized carbons (Fsp3) is 0.452. The zero-order chi connectivity index (χ0) is 27.3. The highest BCUT2D eigenvalue weighted by Gasteiger charge is 2.67. The highest BCUT2D eigenvalue weighted by molar-refractivity contribution is 6.01. The van der Waals surface area contributed by atoms with Gasteiger partial charge in [-0.05, 0) is 53.8 Å². The van der Waals surface area contributed by atoms with Gasteiger partial charge in [-0.15, -0.1) is 0 Å². The van der Waals surface area contributed by atoms with Crippen LogP contribution in [-0.2, 0) is 16.6 Å². The summed E-state index contributed by atoms with van der Waals surface area (Å²) >= 11 is 0. The highest BCUT2D eigenvalue weighted by Crippen LogP contribution is 2.65. The van der Waals surface area contributed by atoms with Crippen LogP contribution in [0.2, 0.25) is 0 Å². The van der Waals surface area contributed by atoms with E-state index < -0.39 is 11.2 Å². The van der Waals surface area contributed by atoms with E-state index in [4.69, 9.17) is 14.7 Å². The Bertz CT molecular complexity index is 1660. The molecule has 8 heteroatoms. The maximum Gasteiger partial charge on any atom is 0.175 e. The first-order valence-electron chi connectivity index (χ1n) is 13.7. The maximum absolute atomic E-state index is 16.5. The van der Waals surface area contributed by atoms with Gasteiger partial charge in [0.25, 0.3) is 0 Å². The normalized spacial score (nSPS) is 19.4. The second kappa shape index (κ2) is 8.07. The standard InChI is InChI=1S/C31H32F2N4O2/c1-5-19-22(32)7-6-17-10-18(38)11-20(23(17)19)25-24(33)26-21(12-34-25)27(36-28(35-26)29(2,3)4)37-13-30(14-37)8-9-31(30)15-39-16-31/h6-7,10-12,38H,5,8-9,13-16H2,1-4H3. The molecule has 0 bridgehead atoms. The monoisotopic (exact) mass is 530 g/mol. The molecule has 0 radical (unpaired) electrons. The molecule has 4 aromatic rings. The van der Waals surface area contributed by atoms with E-state index in [0.29, 0.717) is 50.8 Å². The molecule has 3 aliphatic rings. The van der Waals surface area contributed by atoms with Gasteiger partial charge in [-0.1, -0.05) is 33.8 Å². The molecule has 4 heterocycles. The second-order valence-electron chi connectivity index (χ2n) is 12.7. The molecule has 2 saturated heterocycles. The number of anilines is 1. The minimum absolute atomic E-state index is 0.0357. The summed E-state index contributed by atoms with van der Waals surface area (Å²) in [4.78, 5) is 16.4. The average Bonchev–Trinajstić information content (AvgIpc) is 2.81. The lowest BCUT2D eigenvalue weighted by Crippen LogP contribution is -2.75. The van der Waals surface area contributed by atoms with Gasteiger partial charge in [0.2, 0.25) is 0 Å². The number of hydrogen-bond acceptors (Lipinski definition) is 6. The van der Waals surface area contributed by atoms with E-state index in [-0.39, 0.29) is 28.2 Å². The lowest BCUT2D eigenvalue weighted by Gasteiger charge is -2.70. The number of aryl methyl sites for hydroxylation is 1. The van der Waals surface area contributed by atoms with Crippen molar-refractivity contribution in [2.45, 2.75) is 52.4 Å². The first-order valence-corrected chi connectivity index (χ1v) is 13.7. The number of phenols is 1. The minimum atomic E-state index is -0.595. The van der Waals surface area contributed by atoms with Crippen molar-refractivity contribution in [1.82, 2.24) is 15.0 Å². The van der Waals surface area contributed by atoms with Crippen LogP contribution < -0.4 is 4.90 Å². The molecule has 6 nitrogen and oxygen atoms in total. The average molecular weight is 531 g/mol. The Kier molecular flexibility index (Phi) is 5.10. The lowest BCUT2D eigenvalue weighted by molar-refractivity contribution is -0.253. The van der Waals surface area contributed by atoms with Crippen molar-refractivity contribution in [3.8, 4) is 17.0 Å². The van der Waals surface area contributed by atoms with Crippen LogP contribution in [0.4, 0.5) is 14.6 Å². The Labute approximate surface area is 226 Å². The first kappa shape index (κ1) is 24.6. The van der Waals surface area contributed by atoms with Crippen molar-refractivity contribution < 1.29 is 18.6 Å². The van der Waals surface area contributed by atoms with Gasteiger partial charge < -0.3 is 14.7 Å². The minimum Gasteiger partial charge on any atom is -0.508 e. The Balaban J connectivity index is 1.41. The Hall–Kier alpha value is -3.39. The number of aromatic hydroxyl groups is 1. The Morgan fingerprint density at radius 1 is 1.05 bits per heavy atom. The number of aromatic nitrogens is 3. The number of ether oxygens (including phenoxy) is 1. The Morgan fingerprint density at radius 2 is 1.79 bits per heavy atom. The third-order valence-electron chi connectivity index (χ3n) is 9.35. The van der Waals surface area contributed by atoms with Gasteiger partial charge in [0, 0.05) is 41.1 Å². The number of fused-ring (bicyclic) bond motifs is 3. The van der Waals surface area contributed by atoms with E-state index in [2.05, 4.69) is 9.88 Å². The maximum atomic E-state index is 16.5. The van der Waals surface area contributed by atoms with E-state index in [9.17, 15) is 9.50 Å². The van der Waals surface area contributed by atoms with E-state index in [0.717, 1.165) is 26.3 Å². The molecule has 0 amide bonds. The van der Waals surface area contributed by atoms with Crippen molar-refractivity contribution in [3.05, 3.63) is 53.5 Å². The van der Waals surface area contributed by atoms with Gasteiger partial charge in [-0.2, -0.15) is 0 Å². The number of rotatable bonds is 3. The van der Waals surface area contributed by atoms with Crippen LogP contribution in [0.1, 0.15) is 51.9 Å². The van der Waals surface area contributed by atoms with E-state index in [1.165, 1.54) is 25.0 Å². The number of phenolic OH excluding ortho intramolecular Hbond substituents is 1. The van der Waals surface area contributed by atoms with Gasteiger partial charge in [0.05, 0.1) is 18.6 Å². The molecule has 2 aliphatic heterocycles. The fourth-order valence-corrected chi connectivity index (χ4v) is 6.80. The van der Waals surface area contributed by atoms with E-state index >= 15 is 4.39 Å². The van der Waals surface area contributed by atoms with Crippen molar-refractivity contribution >= 4 is 27.5 Å². The van der Waals surface area contributed by atoms with Gasteiger partial charge in [0.15, 0.2) is 5.82 Å². The predicted molar refractivity (Wildman–Crippen MR) is 147 cm³/mol. The number of nitrogens with zero attached hydrogens (tertiary/aromatic N) is 4. The van der Waals surface area contributed by atoms with Crippen LogP contribution in [0.25, 0.3) is 32.9 Å². The molecule has 39 heavy (non-hydrogen) atoms. The molecule has 202 valence electrons. The summed E-state index contributed by atoms with van der Waals surface area (Å²) < 4.78 is 36.9. The molecule has 3 fully saturated rings. The lowest BCUT2D eigenvalue weighted by atomic mass is 9.45. The number of benzene rings is 2. The molecule has 1 N–H and O–H groups in total. The molecule has 2 aromatic heterocycles. The summed E-state index contributed by atoms with van der Waals surface area (Å²) in [5, 5.41) is 12.2. The summed E-state index contributed by atoms with van der Waals surface area (Å²) in [7, 11) is 0. The molecule has 7 rings (SSSR count). The fourth-order valence-electron chi connectivity index (χ4n) is 6.80. The van der Waals surface area contributed by atoms with Crippen LogP contribution in [0.3, 0.4) is 0 Å². The predicted octanol–water partition coefficient (Wildman–Crippen LogP) is 6.31. The van der Waals surface area contributed by atoms with E-state index in [1.807, 2.05) is 27.7 Å². The van der Waals surface area contributed by atoms with Gasteiger partial charge in [-0.3, -0.25) is 4.98 Å². The number of halogens is 2. The summed E-state index contributed by atoms with van der Waals surface area (Å²) in [6, 6.07) is 6.00. The smallest absolute Gasteiger partial charge is 0.175 e. The van der Waals surface area contributed by atoms with Crippen LogP contribution in [-0.4, -0.2) is 46.4 Å². The van der Waals surface area contributed by atoms with Gasteiger partial charge in [-0.25, -0.2) is 18.7 Å². The molecule has 2 aromatic carbocycles. The number of pyridine rings is 1. The van der Waals surface area contributed by atoms with Crippen LogP contribution in [0.5, 0.6) is 5.75 Å². The number of hydrogen-bond donors (Lipinski definition) is 1. The summed E-state index contributed by atoms with van der Waals surface area (Å²) in [6.45, 7) is 11.3. The van der Waals surface area contributed by atoms with Crippen LogP contribution in [0, 0.1) is 22.5 Å². The largest absolute Gasteiger partial charge is 0.508 e. The zero-order valence-corrected chi connectivity index (χ0v) is 22.7. The zero-order valence-electron chi connectivity index (χ0n) is 22.7. The Morgan fingerprint density at radius 3 is 2.41 bits per heavy atom. The van der Waals surface area contributed by atoms with Crippen molar-refractivity contribution in [3.63, 3.8) is 0 Å². The molecule has 1 saturated carbocycles. The third-order valence-corrected chi connectivity index (χ3v) is 9.35. The quantitative estimate of drug-likeness (QED) is 0.335. The molecule has 0 atom stereocenters. The second-order valence-corrected chi connectivity index (χ2v) is 12.7. The topological polar surface area (TPSA) is 71.4 Å². The SMILES string of the molecule is CCc1c(F)ccc2cc(O)cc(-c3ncc4c(N5CC6(CCC67COC7)C5)nc(C(C)(C)C)nc4c3F)c12. The van der Waals surface area contributed by atoms with Gasteiger partial charge in [0.1, 0.15) is 34.4 Å². The molecule has 2 spiro atoms. The molecule has 1 aliphatic carbocycles. The molecular formula is C31H32F2N4O2. The van der Waals surface area contributed by atoms with Crippen LogP contribution in [0.15, 0.2) is 30.5 Å².